The SMILES string of the molecule is NCCN(CCc1ccccc1)C(=O)Cc1cccc(OC(F)F)c1. The van der Waals surface area contributed by atoms with Crippen LogP contribution >= 0.6 is 0 Å². The first kappa shape index (κ1) is 18.9. The molecule has 0 radical (unpaired) electrons. The fraction of sp³-hybridized carbons (Fsp3) is 0.316. The van der Waals surface area contributed by atoms with Crippen molar-refractivity contribution in [1.82, 2.24) is 4.90 Å². The smallest absolute Gasteiger partial charge is 0.387 e. The minimum Gasteiger partial charge on any atom is -0.435 e. The Bertz CT molecular complexity index is 665. The van der Waals surface area contributed by atoms with E-state index in [0.717, 1.165) is 12.0 Å². The van der Waals surface area contributed by atoms with E-state index in [2.05, 4.69) is 4.74 Å². The average molecular weight is 348 g/mol. The first-order valence-electron chi connectivity index (χ1n) is 8.14. The Labute approximate surface area is 146 Å². The zero-order valence-electron chi connectivity index (χ0n) is 13.9. The lowest BCUT2D eigenvalue weighted by Gasteiger charge is -2.22. The number of nitrogens with two attached hydrogens (primary N) is 1. The molecular formula is C19H22F2N2O2. The molecule has 0 aliphatic rings. The van der Waals surface area contributed by atoms with E-state index in [0.29, 0.717) is 25.2 Å². The van der Waals surface area contributed by atoms with Gasteiger partial charge in [-0.1, -0.05) is 42.5 Å². The van der Waals surface area contributed by atoms with Gasteiger partial charge in [-0.3, -0.25) is 4.79 Å². The molecule has 0 bridgehead atoms. The van der Waals surface area contributed by atoms with Crippen molar-refractivity contribution in [2.45, 2.75) is 19.5 Å². The molecule has 0 heterocycles. The molecule has 0 fully saturated rings. The van der Waals surface area contributed by atoms with Crippen LogP contribution in [0.15, 0.2) is 54.6 Å². The summed E-state index contributed by atoms with van der Waals surface area (Å²) < 4.78 is 29.0. The maximum absolute atomic E-state index is 12.5. The van der Waals surface area contributed by atoms with Gasteiger partial charge in [-0.05, 0) is 29.7 Å². The first-order valence-corrected chi connectivity index (χ1v) is 8.14. The zero-order chi connectivity index (χ0) is 18.1. The van der Waals surface area contributed by atoms with E-state index < -0.39 is 6.61 Å². The second-order valence-electron chi connectivity index (χ2n) is 5.61. The fourth-order valence-electron chi connectivity index (χ4n) is 2.54. The third kappa shape index (κ3) is 6.51. The predicted molar refractivity (Wildman–Crippen MR) is 92.6 cm³/mol. The Balaban J connectivity index is 1.97. The number of carbonyl (C=O) groups excluding carboxylic acids is 1. The maximum Gasteiger partial charge on any atom is 0.387 e. The predicted octanol–water partition coefficient (Wildman–Crippen LogP) is 2.86. The Morgan fingerprint density at radius 1 is 1.04 bits per heavy atom. The van der Waals surface area contributed by atoms with E-state index in [1.165, 1.54) is 12.1 Å². The van der Waals surface area contributed by atoms with E-state index in [4.69, 9.17) is 5.73 Å². The van der Waals surface area contributed by atoms with Crippen LogP contribution in [0, 0.1) is 0 Å². The maximum atomic E-state index is 12.5. The van der Waals surface area contributed by atoms with Gasteiger partial charge in [-0.25, -0.2) is 0 Å². The van der Waals surface area contributed by atoms with E-state index >= 15 is 0 Å². The van der Waals surface area contributed by atoms with Crippen LogP contribution in [0.3, 0.4) is 0 Å². The molecule has 0 saturated heterocycles. The summed E-state index contributed by atoms with van der Waals surface area (Å²) in [6.07, 6.45) is 0.857. The van der Waals surface area contributed by atoms with Crippen molar-refractivity contribution < 1.29 is 18.3 Å². The lowest BCUT2D eigenvalue weighted by Crippen LogP contribution is -2.37. The molecule has 0 spiro atoms. The summed E-state index contributed by atoms with van der Waals surface area (Å²) in [6.45, 7) is -1.49. The molecule has 0 aliphatic carbocycles. The van der Waals surface area contributed by atoms with Crippen LogP contribution in [0.5, 0.6) is 5.75 Å². The van der Waals surface area contributed by atoms with Gasteiger partial charge in [0, 0.05) is 19.6 Å². The molecular weight excluding hydrogens is 326 g/mol. The van der Waals surface area contributed by atoms with Crippen LogP contribution in [-0.4, -0.2) is 37.1 Å². The minimum absolute atomic E-state index is 0.0509. The summed E-state index contributed by atoms with van der Waals surface area (Å²) in [4.78, 5) is 14.2. The number of alkyl halides is 2. The number of halogens is 2. The number of ether oxygens (including phenoxy) is 1. The molecule has 0 atom stereocenters. The first-order chi connectivity index (χ1) is 12.1. The standard InChI is InChI=1S/C19H22F2N2O2/c20-19(21)25-17-8-4-7-16(13-17)14-18(24)23(12-10-22)11-9-15-5-2-1-3-6-15/h1-8,13,19H,9-12,14,22H2. The summed E-state index contributed by atoms with van der Waals surface area (Å²) in [5.74, 6) is -0.0365. The van der Waals surface area contributed by atoms with Gasteiger partial charge in [-0.2, -0.15) is 8.78 Å². The van der Waals surface area contributed by atoms with E-state index in [1.807, 2.05) is 30.3 Å². The molecule has 4 nitrogen and oxygen atoms in total. The summed E-state index contributed by atoms with van der Waals surface area (Å²) >= 11 is 0. The molecule has 2 aromatic rings. The van der Waals surface area contributed by atoms with Gasteiger partial charge in [0.1, 0.15) is 5.75 Å². The number of carbonyl (C=O) groups is 1. The molecule has 0 aromatic heterocycles. The molecule has 1 amide bonds. The number of amides is 1. The van der Waals surface area contributed by atoms with Crippen LogP contribution in [0.2, 0.25) is 0 Å². The van der Waals surface area contributed by atoms with E-state index in [1.54, 1.807) is 17.0 Å². The second-order valence-corrected chi connectivity index (χ2v) is 5.61. The molecule has 25 heavy (non-hydrogen) atoms. The van der Waals surface area contributed by atoms with Gasteiger partial charge in [0.2, 0.25) is 5.91 Å². The highest BCUT2D eigenvalue weighted by Gasteiger charge is 2.14. The van der Waals surface area contributed by atoms with Crippen molar-refractivity contribution in [3.05, 3.63) is 65.7 Å². The van der Waals surface area contributed by atoms with Crippen LogP contribution in [0.4, 0.5) is 8.78 Å². The largest absolute Gasteiger partial charge is 0.435 e. The van der Waals surface area contributed by atoms with Crippen molar-refractivity contribution in [1.29, 1.82) is 0 Å². The van der Waals surface area contributed by atoms with Gasteiger partial charge in [0.15, 0.2) is 0 Å². The highest BCUT2D eigenvalue weighted by atomic mass is 19.3. The molecule has 6 heteroatoms. The zero-order valence-corrected chi connectivity index (χ0v) is 13.9. The molecule has 0 unspecified atom stereocenters. The summed E-state index contributed by atoms with van der Waals surface area (Å²) in [6, 6.07) is 16.1. The van der Waals surface area contributed by atoms with Crippen molar-refractivity contribution in [3.63, 3.8) is 0 Å². The number of hydrogen-bond donors (Lipinski definition) is 1. The van der Waals surface area contributed by atoms with Gasteiger partial charge in [0.05, 0.1) is 6.42 Å². The fourth-order valence-corrected chi connectivity index (χ4v) is 2.54. The van der Waals surface area contributed by atoms with Crippen LogP contribution in [-0.2, 0) is 17.6 Å². The normalized spacial score (nSPS) is 10.7. The molecule has 2 rings (SSSR count). The molecule has 2 N–H and O–H groups in total. The van der Waals surface area contributed by atoms with Crippen molar-refractivity contribution >= 4 is 5.91 Å². The monoisotopic (exact) mass is 348 g/mol. The van der Waals surface area contributed by atoms with Gasteiger partial charge >= 0.3 is 6.61 Å². The number of hydrogen-bond acceptors (Lipinski definition) is 3. The molecule has 0 saturated carbocycles. The van der Waals surface area contributed by atoms with E-state index in [9.17, 15) is 13.6 Å². The highest BCUT2D eigenvalue weighted by Crippen LogP contribution is 2.17. The van der Waals surface area contributed by atoms with E-state index in [-0.39, 0.29) is 18.1 Å². The molecule has 134 valence electrons. The van der Waals surface area contributed by atoms with Crippen molar-refractivity contribution in [3.8, 4) is 5.75 Å². The number of benzene rings is 2. The summed E-state index contributed by atoms with van der Waals surface area (Å²) in [7, 11) is 0. The molecule has 2 aromatic carbocycles. The number of rotatable bonds is 9. The van der Waals surface area contributed by atoms with Crippen molar-refractivity contribution in [2.75, 3.05) is 19.6 Å². The van der Waals surface area contributed by atoms with Gasteiger partial charge in [0.25, 0.3) is 0 Å². The lowest BCUT2D eigenvalue weighted by molar-refractivity contribution is -0.130. The Morgan fingerprint density at radius 2 is 1.76 bits per heavy atom. The van der Waals surface area contributed by atoms with Crippen LogP contribution in [0.1, 0.15) is 11.1 Å². The third-order valence-electron chi connectivity index (χ3n) is 3.74. The lowest BCUT2D eigenvalue weighted by atomic mass is 10.1. The summed E-state index contributed by atoms with van der Waals surface area (Å²) in [5, 5.41) is 0. The van der Waals surface area contributed by atoms with Crippen molar-refractivity contribution in [2.24, 2.45) is 5.73 Å². The van der Waals surface area contributed by atoms with Crippen LogP contribution in [0.25, 0.3) is 0 Å². The topological polar surface area (TPSA) is 55.6 Å². The van der Waals surface area contributed by atoms with Gasteiger partial charge < -0.3 is 15.4 Å². The highest BCUT2D eigenvalue weighted by molar-refractivity contribution is 5.79. The Morgan fingerprint density at radius 3 is 2.44 bits per heavy atom. The summed E-state index contributed by atoms with van der Waals surface area (Å²) in [5.41, 5.74) is 7.38. The second kappa shape index (κ2) is 9.74. The third-order valence-corrected chi connectivity index (χ3v) is 3.74. The quantitative estimate of drug-likeness (QED) is 0.758. The Kier molecular flexibility index (Phi) is 7.35. The number of nitrogens with zero attached hydrogens (tertiary/aromatic N) is 1. The van der Waals surface area contributed by atoms with Gasteiger partial charge in [-0.15, -0.1) is 0 Å². The molecule has 0 aliphatic heterocycles. The minimum atomic E-state index is -2.88. The average Bonchev–Trinajstić information content (AvgIpc) is 2.59. The van der Waals surface area contributed by atoms with Crippen LogP contribution < -0.4 is 10.5 Å². The Hall–Kier alpha value is -2.47.